The highest BCUT2D eigenvalue weighted by atomic mass is 79.9. The summed E-state index contributed by atoms with van der Waals surface area (Å²) >= 11 is 3.60. The fourth-order valence-electron chi connectivity index (χ4n) is 2.83. The summed E-state index contributed by atoms with van der Waals surface area (Å²) in [5.41, 5.74) is 1.39. The van der Waals surface area contributed by atoms with E-state index in [4.69, 9.17) is 9.47 Å². The molecule has 1 aliphatic heterocycles. The summed E-state index contributed by atoms with van der Waals surface area (Å²) in [6, 6.07) is 5.18. The van der Waals surface area contributed by atoms with Gasteiger partial charge in [-0.2, -0.15) is 0 Å². The van der Waals surface area contributed by atoms with E-state index < -0.39 is 0 Å². The SMILES string of the molecule is Brc1cc(C2CC2CNC2CC2)cc2c1OCCO2. The second kappa shape index (κ2) is 4.67. The summed E-state index contributed by atoms with van der Waals surface area (Å²) in [4.78, 5) is 0. The van der Waals surface area contributed by atoms with Gasteiger partial charge in [0, 0.05) is 6.04 Å². The van der Waals surface area contributed by atoms with Gasteiger partial charge in [0.05, 0.1) is 4.47 Å². The largest absolute Gasteiger partial charge is 0.486 e. The third-order valence-corrected chi connectivity index (χ3v) is 4.81. The topological polar surface area (TPSA) is 30.5 Å². The summed E-state index contributed by atoms with van der Waals surface area (Å²) in [5, 5.41) is 3.63. The van der Waals surface area contributed by atoms with Gasteiger partial charge in [-0.1, -0.05) is 0 Å². The van der Waals surface area contributed by atoms with Crippen molar-refractivity contribution in [1.82, 2.24) is 5.32 Å². The van der Waals surface area contributed by atoms with E-state index in [-0.39, 0.29) is 0 Å². The molecule has 0 saturated heterocycles. The lowest BCUT2D eigenvalue weighted by atomic mass is 10.1. The number of nitrogens with one attached hydrogen (secondary N) is 1. The minimum atomic E-state index is 0.641. The third kappa shape index (κ3) is 2.48. The van der Waals surface area contributed by atoms with Crippen molar-refractivity contribution in [1.29, 1.82) is 0 Å². The molecule has 102 valence electrons. The molecule has 2 fully saturated rings. The number of hydrogen-bond acceptors (Lipinski definition) is 3. The van der Waals surface area contributed by atoms with Gasteiger partial charge in [-0.15, -0.1) is 0 Å². The number of fused-ring (bicyclic) bond motifs is 1. The molecule has 1 heterocycles. The average molecular weight is 324 g/mol. The van der Waals surface area contributed by atoms with Crippen LogP contribution in [0.1, 0.15) is 30.7 Å². The first kappa shape index (κ1) is 12.0. The molecule has 0 bridgehead atoms. The Kier molecular flexibility index (Phi) is 2.96. The maximum atomic E-state index is 5.70. The van der Waals surface area contributed by atoms with Crippen molar-refractivity contribution >= 4 is 15.9 Å². The molecule has 0 aromatic heterocycles. The Morgan fingerprint density at radius 3 is 2.89 bits per heavy atom. The van der Waals surface area contributed by atoms with Crippen molar-refractivity contribution in [2.45, 2.75) is 31.2 Å². The van der Waals surface area contributed by atoms with E-state index in [0.29, 0.717) is 19.1 Å². The van der Waals surface area contributed by atoms with Gasteiger partial charge >= 0.3 is 0 Å². The van der Waals surface area contributed by atoms with Crippen molar-refractivity contribution in [3.8, 4) is 11.5 Å². The first-order valence-electron chi connectivity index (χ1n) is 7.13. The molecule has 2 atom stereocenters. The summed E-state index contributed by atoms with van der Waals surface area (Å²) in [6.07, 6.45) is 4.03. The maximum Gasteiger partial charge on any atom is 0.175 e. The van der Waals surface area contributed by atoms with Crippen LogP contribution in [-0.2, 0) is 0 Å². The lowest BCUT2D eigenvalue weighted by Gasteiger charge is -2.20. The minimum Gasteiger partial charge on any atom is -0.486 e. The molecule has 3 aliphatic rings. The van der Waals surface area contributed by atoms with Gasteiger partial charge in [0.25, 0.3) is 0 Å². The van der Waals surface area contributed by atoms with E-state index in [9.17, 15) is 0 Å². The van der Waals surface area contributed by atoms with Crippen molar-refractivity contribution in [2.75, 3.05) is 19.8 Å². The zero-order chi connectivity index (χ0) is 12.8. The second-order valence-electron chi connectivity index (χ2n) is 5.81. The van der Waals surface area contributed by atoms with Gasteiger partial charge in [0.15, 0.2) is 11.5 Å². The highest BCUT2D eigenvalue weighted by Crippen LogP contribution is 2.50. The van der Waals surface area contributed by atoms with Crippen molar-refractivity contribution in [3.05, 3.63) is 22.2 Å². The van der Waals surface area contributed by atoms with Crippen LogP contribution >= 0.6 is 15.9 Å². The number of ether oxygens (including phenoxy) is 2. The lowest BCUT2D eigenvalue weighted by molar-refractivity contribution is 0.170. The maximum absolute atomic E-state index is 5.70. The van der Waals surface area contributed by atoms with Crippen LogP contribution in [0.5, 0.6) is 11.5 Å². The first-order valence-corrected chi connectivity index (χ1v) is 7.93. The molecule has 0 spiro atoms. The van der Waals surface area contributed by atoms with Crippen LogP contribution in [0.4, 0.5) is 0 Å². The Labute approximate surface area is 121 Å². The summed E-state index contributed by atoms with van der Waals surface area (Å²) in [7, 11) is 0. The molecule has 4 heteroatoms. The van der Waals surface area contributed by atoms with E-state index >= 15 is 0 Å². The van der Waals surface area contributed by atoms with Gasteiger partial charge < -0.3 is 14.8 Å². The van der Waals surface area contributed by atoms with Crippen LogP contribution in [0, 0.1) is 5.92 Å². The van der Waals surface area contributed by atoms with Gasteiger partial charge in [-0.25, -0.2) is 0 Å². The fourth-order valence-corrected chi connectivity index (χ4v) is 3.41. The molecule has 2 saturated carbocycles. The molecular formula is C15H18BrNO2. The monoisotopic (exact) mass is 323 g/mol. The minimum absolute atomic E-state index is 0.641. The predicted octanol–water partition coefficient (Wildman–Crippen LogP) is 3.08. The van der Waals surface area contributed by atoms with Crippen LogP contribution in [-0.4, -0.2) is 25.8 Å². The van der Waals surface area contributed by atoms with Crippen LogP contribution in [0.3, 0.4) is 0 Å². The Bertz CT molecular complexity index is 501. The average Bonchev–Trinajstić information content (AvgIpc) is 3.30. The number of benzene rings is 1. The first-order chi connectivity index (χ1) is 9.31. The Hall–Kier alpha value is -0.740. The fraction of sp³-hybridized carbons (Fsp3) is 0.600. The molecule has 19 heavy (non-hydrogen) atoms. The van der Waals surface area contributed by atoms with Crippen LogP contribution in [0.25, 0.3) is 0 Å². The predicted molar refractivity (Wildman–Crippen MR) is 77.0 cm³/mol. The molecular weight excluding hydrogens is 306 g/mol. The molecule has 2 aliphatic carbocycles. The van der Waals surface area contributed by atoms with Gasteiger partial charge in [0.2, 0.25) is 0 Å². The highest BCUT2D eigenvalue weighted by molar-refractivity contribution is 9.10. The van der Waals surface area contributed by atoms with Crippen LogP contribution < -0.4 is 14.8 Å². The molecule has 0 radical (unpaired) electrons. The molecule has 1 aromatic rings. The van der Waals surface area contributed by atoms with Crippen LogP contribution in [0.2, 0.25) is 0 Å². The molecule has 2 unspecified atom stereocenters. The number of rotatable bonds is 4. The van der Waals surface area contributed by atoms with Gasteiger partial charge in [0.1, 0.15) is 13.2 Å². The Balaban J connectivity index is 1.47. The van der Waals surface area contributed by atoms with Crippen molar-refractivity contribution in [3.63, 3.8) is 0 Å². The Morgan fingerprint density at radius 2 is 2.05 bits per heavy atom. The van der Waals surface area contributed by atoms with E-state index in [1.807, 2.05) is 0 Å². The molecule has 4 rings (SSSR count). The van der Waals surface area contributed by atoms with Crippen molar-refractivity contribution < 1.29 is 9.47 Å². The summed E-state index contributed by atoms with van der Waals surface area (Å²) < 4.78 is 12.4. The molecule has 1 aromatic carbocycles. The second-order valence-corrected chi connectivity index (χ2v) is 6.67. The van der Waals surface area contributed by atoms with Gasteiger partial charge in [-0.3, -0.25) is 0 Å². The molecule has 1 N–H and O–H groups in total. The third-order valence-electron chi connectivity index (χ3n) is 4.22. The number of hydrogen-bond donors (Lipinski definition) is 1. The van der Waals surface area contributed by atoms with E-state index in [1.54, 1.807) is 0 Å². The zero-order valence-corrected chi connectivity index (χ0v) is 12.4. The Morgan fingerprint density at radius 1 is 1.21 bits per heavy atom. The standard InChI is InChI=1S/C15H18BrNO2/c16-13-6-9(7-14-15(13)19-4-3-18-14)12-5-10(12)8-17-11-1-2-11/h6-7,10-12,17H,1-5,8H2. The van der Waals surface area contributed by atoms with Crippen molar-refractivity contribution in [2.24, 2.45) is 5.92 Å². The summed E-state index contributed by atoms with van der Waals surface area (Å²) in [6.45, 7) is 2.46. The van der Waals surface area contributed by atoms with E-state index in [1.165, 1.54) is 31.4 Å². The smallest absolute Gasteiger partial charge is 0.175 e. The normalized spacial score (nSPS) is 28.3. The molecule has 3 nitrogen and oxygen atoms in total. The van der Waals surface area contributed by atoms with E-state index in [0.717, 1.165) is 27.9 Å². The van der Waals surface area contributed by atoms with Gasteiger partial charge in [-0.05, 0) is 71.3 Å². The summed E-state index contributed by atoms with van der Waals surface area (Å²) in [5.74, 6) is 3.26. The zero-order valence-electron chi connectivity index (χ0n) is 10.8. The van der Waals surface area contributed by atoms with E-state index in [2.05, 4.69) is 33.4 Å². The quantitative estimate of drug-likeness (QED) is 0.923. The van der Waals surface area contributed by atoms with Crippen LogP contribution in [0.15, 0.2) is 16.6 Å². The highest BCUT2D eigenvalue weighted by Gasteiger charge is 2.39. The molecule has 0 amide bonds. The number of halogens is 1. The lowest BCUT2D eigenvalue weighted by Crippen LogP contribution is -2.19.